The molecule has 0 fully saturated rings. The fraction of sp³-hybridized carbons (Fsp3) is 0.200. The van der Waals surface area contributed by atoms with Crippen LogP contribution in [0.2, 0.25) is 0 Å². The zero-order chi connectivity index (χ0) is 17.3. The van der Waals surface area contributed by atoms with Gasteiger partial charge in [0.1, 0.15) is 0 Å². The summed E-state index contributed by atoms with van der Waals surface area (Å²) in [5.74, 6) is 0. The predicted molar refractivity (Wildman–Crippen MR) is 82.4 cm³/mol. The van der Waals surface area contributed by atoms with Gasteiger partial charge in [-0.1, -0.05) is 45.8 Å². The third-order valence-corrected chi connectivity index (χ3v) is 4.77. The van der Waals surface area contributed by atoms with Gasteiger partial charge in [-0.25, -0.2) is 4.18 Å². The lowest BCUT2D eigenvalue weighted by Gasteiger charge is -2.21. The highest BCUT2D eigenvalue weighted by molar-refractivity contribution is 9.10. The molecule has 0 bridgehead atoms. The second-order valence-electron chi connectivity index (χ2n) is 4.84. The standard InChI is InChI=1S/C15H12BrF3O3S/c1-10-5-7-13(8-6-10)23(20,21)22-14(15(17,18)19)11-3-2-4-12(16)9-11/h2-9,14H,1H3. The van der Waals surface area contributed by atoms with E-state index in [-0.39, 0.29) is 10.5 Å². The van der Waals surface area contributed by atoms with E-state index >= 15 is 0 Å². The van der Waals surface area contributed by atoms with Crippen LogP contribution >= 0.6 is 15.9 Å². The number of aryl methyl sites for hydroxylation is 1. The molecule has 0 aliphatic heterocycles. The predicted octanol–water partition coefficient (Wildman–Crippen LogP) is 4.77. The van der Waals surface area contributed by atoms with Crippen LogP contribution < -0.4 is 0 Å². The van der Waals surface area contributed by atoms with Crippen LogP contribution in [0, 0.1) is 6.92 Å². The first-order valence-electron chi connectivity index (χ1n) is 6.42. The van der Waals surface area contributed by atoms with Gasteiger partial charge in [-0.2, -0.15) is 21.6 Å². The summed E-state index contributed by atoms with van der Waals surface area (Å²) >= 11 is 3.06. The lowest BCUT2D eigenvalue weighted by Crippen LogP contribution is -2.26. The molecule has 1 unspecified atom stereocenters. The number of benzene rings is 2. The van der Waals surface area contributed by atoms with Crippen LogP contribution in [0.1, 0.15) is 17.2 Å². The molecule has 23 heavy (non-hydrogen) atoms. The van der Waals surface area contributed by atoms with Crippen LogP contribution in [-0.4, -0.2) is 14.6 Å². The van der Waals surface area contributed by atoms with E-state index in [0.717, 1.165) is 11.6 Å². The fourth-order valence-corrected chi connectivity index (χ4v) is 3.33. The van der Waals surface area contributed by atoms with Crippen molar-refractivity contribution in [2.45, 2.75) is 24.1 Å². The quantitative estimate of drug-likeness (QED) is 0.684. The van der Waals surface area contributed by atoms with Crippen molar-refractivity contribution in [2.75, 3.05) is 0 Å². The van der Waals surface area contributed by atoms with Gasteiger partial charge in [-0.15, -0.1) is 0 Å². The average molecular weight is 409 g/mol. The largest absolute Gasteiger partial charge is 0.420 e. The summed E-state index contributed by atoms with van der Waals surface area (Å²) in [5.41, 5.74) is 0.478. The van der Waals surface area contributed by atoms with Crippen molar-refractivity contribution in [2.24, 2.45) is 0 Å². The first-order chi connectivity index (χ1) is 10.6. The van der Waals surface area contributed by atoms with Gasteiger partial charge in [0.2, 0.25) is 0 Å². The van der Waals surface area contributed by atoms with Crippen molar-refractivity contribution >= 4 is 26.0 Å². The number of hydrogen-bond acceptors (Lipinski definition) is 3. The van der Waals surface area contributed by atoms with Gasteiger partial charge in [0.15, 0.2) is 6.10 Å². The van der Waals surface area contributed by atoms with Crippen LogP contribution in [-0.2, 0) is 14.3 Å². The Morgan fingerprint density at radius 2 is 1.70 bits per heavy atom. The van der Waals surface area contributed by atoms with E-state index in [9.17, 15) is 21.6 Å². The summed E-state index contributed by atoms with van der Waals surface area (Å²) in [6.45, 7) is 1.73. The van der Waals surface area contributed by atoms with E-state index in [0.29, 0.717) is 4.47 Å². The molecule has 0 aromatic heterocycles. The number of alkyl halides is 3. The molecule has 0 saturated heterocycles. The van der Waals surface area contributed by atoms with Crippen molar-refractivity contribution in [1.29, 1.82) is 0 Å². The van der Waals surface area contributed by atoms with Gasteiger partial charge in [-0.05, 0) is 36.8 Å². The van der Waals surface area contributed by atoms with Crippen molar-refractivity contribution in [3.8, 4) is 0 Å². The number of halogens is 4. The Morgan fingerprint density at radius 3 is 2.22 bits per heavy atom. The molecule has 0 radical (unpaired) electrons. The smallest absolute Gasteiger partial charge is 0.248 e. The average Bonchev–Trinajstić information content (AvgIpc) is 2.44. The molecule has 0 spiro atoms. The third kappa shape index (κ3) is 4.55. The third-order valence-electron chi connectivity index (χ3n) is 2.98. The highest BCUT2D eigenvalue weighted by atomic mass is 79.9. The van der Waals surface area contributed by atoms with Crippen LogP contribution in [0.4, 0.5) is 13.2 Å². The second-order valence-corrected chi connectivity index (χ2v) is 7.33. The molecule has 124 valence electrons. The molecular weight excluding hydrogens is 397 g/mol. The maximum atomic E-state index is 13.2. The van der Waals surface area contributed by atoms with Gasteiger partial charge >= 0.3 is 6.18 Å². The Labute approximate surface area is 140 Å². The van der Waals surface area contributed by atoms with E-state index in [1.54, 1.807) is 6.92 Å². The molecule has 2 aromatic rings. The first-order valence-corrected chi connectivity index (χ1v) is 8.62. The molecule has 0 heterocycles. The summed E-state index contributed by atoms with van der Waals surface area (Å²) in [6, 6.07) is 10.6. The molecular formula is C15H12BrF3O3S. The first kappa shape index (κ1) is 18.0. The van der Waals surface area contributed by atoms with E-state index in [1.807, 2.05) is 0 Å². The Bertz CT molecular complexity index is 786. The van der Waals surface area contributed by atoms with Gasteiger partial charge in [-0.3, -0.25) is 0 Å². The second kappa shape index (κ2) is 6.62. The van der Waals surface area contributed by atoms with Crippen LogP contribution in [0.5, 0.6) is 0 Å². The van der Waals surface area contributed by atoms with E-state index < -0.39 is 22.4 Å². The molecule has 1 atom stereocenters. The minimum absolute atomic E-state index is 0.303. The van der Waals surface area contributed by atoms with Crippen molar-refractivity contribution < 1.29 is 25.8 Å². The Morgan fingerprint density at radius 1 is 1.09 bits per heavy atom. The summed E-state index contributed by atoms with van der Waals surface area (Å²) in [4.78, 5) is -0.327. The number of hydrogen-bond donors (Lipinski definition) is 0. The molecule has 0 amide bonds. The van der Waals surface area contributed by atoms with Crippen molar-refractivity contribution in [3.05, 3.63) is 64.1 Å². The lowest BCUT2D eigenvalue weighted by atomic mass is 10.1. The molecule has 2 rings (SSSR count). The van der Waals surface area contributed by atoms with Crippen LogP contribution in [0.15, 0.2) is 57.9 Å². The molecule has 0 saturated carbocycles. The zero-order valence-electron chi connectivity index (χ0n) is 11.8. The fourth-order valence-electron chi connectivity index (χ4n) is 1.86. The van der Waals surface area contributed by atoms with E-state index in [1.165, 1.54) is 42.5 Å². The highest BCUT2D eigenvalue weighted by Gasteiger charge is 2.45. The molecule has 2 aromatic carbocycles. The van der Waals surface area contributed by atoms with Gasteiger partial charge in [0.05, 0.1) is 4.90 Å². The van der Waals surface area contributed by atoms with Crippen LogP contribution in [0.25, 0.3) is 0 Å². The van der Waals surface area contributed by atoms with Crippen molar-refractivity contribution in [1.82, 2.24) is 0 Å². The summed E-state index contributed by atoms with van der Waals surface area (Å²) < 4.78 is 68.9. The molecule has 0 aliphatic carbocycles. The summed E-state index contributed by atoms with van der Waals surface area (Å²) in [5, 5.41) is 0. The monoisotopic (exact) mass is 408 g/mol. The summed E-state index contributed by atoms with van der Waals surface area (Å²) in [6.07, 6.45) is -7.45. The normalized spacial score (nSPS) is 13.8. The number of rotatable bonds is 4. The molecule has 8 heteroatoms. The Balaban J connectivity index is 2.40. The lowest BCUT2D eigenvalue weighted by molar-refractivity contribution is -0.196. The maximum absolute atomic E-state index is 13.2. The summed E-state index contributed by atoms with van der Waals surface area (Å²) in [7, 11) is -4.56. The minimum atomic E-state index is -4.88. The molecule has 0 aliphatic rings. The van der Waals surface area contributed by atoms with Crippen molar-refractivity contribution in [3.63, 3.8) is 0 Å². The molecule has 0 N–H and O–H groups in total. The SMILES string of the molecule is Cc1ccc(S(=O)(=O)OC(c2cccc(Br)c2)C(F)(F)F)cc1. The van der Waals surface area contributed by atoms with E-state index in [2.05, 4.69) is 20.1 Å². The van der Waals surface area contributed by atoms with E-state index in [4.69, 9.17) is 0 Å². The topological polar surface area (TPSA) is 43.4 Å². The Hall–Kier alpha value is -1.38. The van der Waals surface area contributed by atoms with Crippen LogP contribution in [0.3, 0.4) is 0 Å². The zero-order valence-corrected chi connectivity index (χ0v) is 14.2. The Kier molecular flexibility index (Phi) is 5.17. The van der Waals surface area contributed by atoms with Gasteiger partial charge < -0.3 is 0 Å². The van der Waals surface area contributed by atoms with Gasteiger partial charge in [0.25, 0.3) is 10.1 Å². The minimum Gasteiger partial charge on any atom is -0.248 e. The molecule has 3 nitrogen and oxygen atoms in total. The maximum Gasteiger partial charge on any atom is 0.420 e. The highest BCUT2D eigenvalue weighted by Crippen LogP contribution is 2.38. The van der Waals surface area contributed by atoms with Gasteiger partial charge in [0, 0.05) is 4.47 Å².